The lowest BCUT2D eigenvalue weighted by molar-refractivity contribution is 0.407. The van der Waals surface area contributed by atoms with Gasteiger partial charge in [0, 0.05) is 12.3 Å². The number of nitrogens with one attached hydrogen (secondary N) is 1. The molecule has 0 saturated carbocycles. The first-order valence-electron chi connectivity index (χ1n) is 7.53. The number of H-pyrrole nitrogens is 1. The average molecular weight is 375 g/mol. The molecular formula is C17H17N3O5S. The van der Waals surface area contributed by atoms with E-state index in [-0.39, 0.29) is 11.0 Å². The summed E-state index contributed by atoms with van der Waals surface area (Å²) >= 11 is 0. The van der Waals surface area contributed by atoms with Crippen molar-refractivity contribution in [3.63, 3.8) is 0 Å². The third-order valence-corrected chi connectivity index (χ3v) is 4.40. The van der Waals surface area contributed by atoms with E-state index in [1.165, 1.54) is 7.11 Å². The van der Waals surface area contributed by atoms with Crippen molar-refractivity contribution >= 4 is 9.84 Å². The smallest absolute Gasteiger partial charge is 0.243 e. The molecule has 3 aromatic rings. The molecule has 0 radical (unpaired) electrons. The van der Waals surface area contributed by atoms with Crippen LogP contribution in [-0.2, 0) is 9.84 Å². The Hall–Kier alpha value is -3.07. The van der Waals surface area contributed by atoms with Gasteiger partial charge in [-0.25, -0.2) is 13.5 Å². The highest BCUT2D eigenvalue weighted by atomic mass is 32.2. The molecule has 0 aliphatic rings. The molecule has 0 aliphatic heterocycles. The molecule has 8 nitrogen and oxygen atoms in total. The highest BCUT2D eigenvalue weighted by molar-refractivity contribution is 7.90. The first-order valence-corrected chi connectivity index (χ1v) is 9.42. The molecule has 2 aromatic carbocycles. The summed E-state index contributed by atoms with van der Waals surface area (Å²) in [5.74, 6) is 2.38. The highest BCUT2D eigenvalue weighted by Gasteiger charge is 2.18. The number of rotatable bonds is 6. The molecule has 0 unspecified atom stereocenters. The van der Waals surface area contributed by atoms with E-state index >= 15 is 0 Å². The minimum atomic E-state index is -3.50. The molecule has 26 heavy (non-hydrogen) atoms. The SMILES string of the molecule is COc1cccc(Oc2ccc(OC)cc2-c2n[nH]c(S(C)(=O)=O)n2)c1. The van der Waals surface area contributed by atoms with Crippen molar-refractivity contribution in [2.75, 3.05) is 20.5 Å². The van der Waals surface area contributed by atoms with E-state index in [2.05, 4.69) is 15.2 Å². The van der Waals surface area contributed by atoms with Crippen molar-refractivity contribution in [3.8, 4) is 34.4 Å². The van der Waals surface area contributed by atoms with Gasteiger partial charge in [-0.15, -0.1) is 0 Å². The third kappa shape index (κ3) is 3.77. The number of sulfone groups is 1. The zero-order valence-corrected chi connectivity index (χ0v) is 15.2. The van der Waals surface area contributed by atoms with E-state index in [0.717, 1.165) is 6.26 Å². The fourth-order valence-electron chi connectivity index (χ4n) is 2.22. The molecule has 0 amide bonds. The lowest BCUT2D eigenvalue weighted by atomic mass is 10.1. The molecule has 3 rings (SSSR count). The Morgan fingerprint density at radius 2 is 1.65 bits per heavy atom. The molecule has 1 heterocycles. The summed E-state index contributed by atoms with van der Waals surface area (Å²) in [6.07, 6.45) is 1.05. The molecule has 0 spiro atoms. The number of nitrogens with zero attached hydrogens (tertiary/aromatic N) is 2. The van der Waals surface area contributed by atoms with Crippen molar-refractivity contribution in [1.29, 1.82) is 0 Å². The van der Waals surface area contributed by atoms with Crippen LogP contribution in [0.5, 0.6) is 23.0 Å². The van der Waals surface area contributed by atoms with Crippen LogP contribution in [0.25, 0.3) is 11.4 Å². The van der Waals surface area contributed by atoms with Crippen LogP contribution in [0.2, 0.25) is 0 Å². The van der Waals surface area contributed by atoms with Crippen LogP contribution in [0.15, 0.2) is 47.6 Å². The summed E-state index contributed by atoms with van der Waals surface area (Å²) in [6.45, 7) is 0. The Morgan fingerprint density at radius 3 is 2.31 bits per heavy atom. The topological polar surface area (TPSA) is 103 Å². The van der Waals surface area contributed by atoms with Crippen LogP contribution < -0.4 is 14.2 Å². The number of hydrogen-bond acceptors (Lipinski definition) is 7. The van der Waals surface area contributed by atoms with Crippen LogP contribution >= 0.6 is 0 Å². The number of benzene rings is 2. The van der Waals surface area contributed by atoms with Crippen LogP contribution in [-0.4, -0.2) is 44.1 Å². The van der Waals surface area contributed by atoms with Crippen molar-refractivity contribution in [2.45, 2.75) is 5.16 Å². The first kappa shape index (κ1) is 17.7. The van der Waals surface area contributed by atoms with Gasteiger partial charge in [-0.2, -0.15) is 10.1 Å². The largest absolute Gasteiger partial charge is 0.497 e. The van der Waals surface area contributed by atoms with E-state index in [0.29, 0.717) is 28.6 Å². The Labute approximate surface area is 150 Å². The Morgan fingerprint density at radius 1 is 0.962 bits per heavy atom. The second-order valence-electron chi connectivity index (χ2n) is 5.38. The molecule has 0 bridgehead atoms. The first-order chi connectivity index (χ1) is 12.4. The standard InChI is InChI=1S/C17H17N3O5S/c1-23-11-5-4-6-13(9-11)25-15-8-7-12(24-2)10-14(15)16-18-17(20-19-16)26(3,21)22/h4-10H,1-3H3,(H,18,19,20). The van der Waals surface area contributed by atoms with E-state index in [9.17, 15) is 8.42 Å². The van der Waals surface area contributed by atoms with E-state index in [1.54, 1.807) is 49.6 Å². The normalized spacial score (nSPS) is 11.2. The van der Waals surface area contributed by atoms with Gasteiger partial charge in [0.2, 0.25) is 15.0 Å². The molecule has 136 valence electrons. The fraction of sp³-hybridized carbons (Fsp3) is 0.176. The lowest BCUT2D eigenvalue weighted by Crippen LogP contribution is -1.99. The predicted octanol–water partition coefficient (Wildman–Crippen LogP) is 2.68. The summed E-state index contributed by atoms with van der Waals surface area (Å²) in [5.41, 5.74) is 0.485. The van der Waals surface area contributed by atoms with Gasteiger partial charge in [-0.1, -0.05) is 6.07 Å². The number of hydrogen-bond donors (Lipinski definition) is 1. The summed E-state index contributed by atoms with van der Waals surface area (Å²) in [6, 6.07) is 12.2. The van der Waals surface area contributed by atoms with Gasteiger partial charge < -0.3 is 14.2 Å². The third-order valence-electron chi connectivity index (χ3n) is 3.51. The van der Waals surface area contributed by atoms with Gasteiger partial charge in [-0.3, -0.25) is 0 Å². The van der Waals surface area contributed by atoms with Crippen molar-refractivity contribution in [1.82, 2.24) is 15.2 Å². The zero-order valence-electron chi connectivity index (χ0n) is 14.4. The fourth-order valence-corrected chi connectivity index (χ4v) is 2.69. The average Bonchev–Trinajstić information content (AvgIpc) is 3.12. The maximum Gasteiger partial charge on any atom is 0.243 e. The van der Waals surface area contributed by atoms with Gasteiger partial charge >= 0.3 is 0 Å². The van der Waals surface area contributed by atoms with E-state index in [1.807, 2.05) is 0 Å². The van der Waals surface area contributed by atoms with Crippen molar-refractivity contribution in [3.05, 3.63) is 42.5 Å². The molecule has 1 aromatic heterocycles. The molecule has 0 aliphatic carbocycles. The van der Waals surface area contributed by atoms with E-state index in [4.69, 9.17) is 14.2 Å². The maximum atomic E-state index is 11.6. The second-order valence-corrected chi connectivity index (χ2v) is 7.31. The zero-order chi connectivity index (χ0) is 18.7. The number of ether oxygens (including phenoxy) is 3. The molecule has 0 fully saturated rings. The van der Waals surface area contributed by atoms with Gasteiger partial charge in [0.05, 0.1) is 19.8 Å². The van der Waals surface area contributed by atoms with Crippen molar-refractivity contribution in [2.24, 2.45) is 0 Å². The maximum absolute atomic E-state index is 11.6. The molecule has 0 atom stereocenters. The van der Waals surface area contributed by atoms with E-state index < -0.39 is 9.84 Å². The summed E-state index contributed by atoms with van der Waals surface area (Å²) < 4.78 is 39.6. The Bertz CT molecular complexity index is 1030. The quantitative estimate of drug-likeness (QED) is 0.706. The van der Waals surface area contributed by atoms with Crippen LogP contribution in [0.4, 0.5) is 0 Å². The summed E-state index contributed by atoms with van der Waals surface area (Å²) in [4.78, 5) is 4.05. The minimum Gasteiger partial charge on any atom is -0.497 e. The van der Waals surface area contributed by atoms with Crippen molar-refractivity contribution < 1.29 is 22.6 Å². The van der Waals surface area contributed by atoms with Crippen LogP contribution in [0.3, 0.4) is 0 Å². The monoisotopic (exact) mass is 375 g/mol. The predicted molar refractivity (Wildman–Crippen MR) is 94.5 cm³/mol. The highest BCUT2D eigenvalue weighted by Crippen LogP contribution is 2.35. The van der Waals surface area contributed by atoms with Crippen LogP contribution in [0, 0.1) is 0 Å². The van der Waals surface area contributed by atoms with Gasteiger partial charge in [-0.05, 0) is 30.3 Å². The Kier molecular flexibility index (Phi) is 4.81. The van der Waals surface area contributed by atoms with Crippen LogP contribution in [0.1, 0.15) is 0 Å². The number of methoxy groups -OCH3 is 2. The van der Waals surface area contributed by atoms with Gasteiger partial charge in [0.15, 0.2) is 5.82 Å². The van der Waals surface area contributed by atoms with Gasteiger partial charge in [0.25, 0.3) is 0 Å². The second kappa shape index (κ2) is 7.04. The Balaban J connectivity index is 2.04. The molecule has 0 saturated heterocycles. The summed E-state index contributed by atoms with van der Waals surface area (Å²) in [5, 5.41) is 6.19. The number of aromatic amines is 1. The molecule has 1 N–H and O–H groups in total. The number of aromatic nitrogens is 3. The lowest BCUT2D eigenvalue weighted by Gasteiger charge is -2.11. The molecule has 9 heteroatoms. The molecular weight excluding hydrogens is 358 g/mol. The summed E-state index contributed by atoms with van der Waals surface area (Å²) in [7, 11) is -0.407. The van der Waals surface area contributed by atoms with Gasteiger partial charge in [0.1, 0.15) is 23.0 Å². The minimum absolute atomic E-state index is 0.183.